The van der Waals surface area contributed by atoms with Gasteiger partial charge in [-0.25, -0.2) is 4.98 Å². The Morgan fingerprint density at radius 1 is 1.57 bits per heavy atom. The average molecular weight is 322 g/mol. The zero-order valence-electron chi connectivity index (χ0n) is 11.8. The van der Waals surface area contributed by atoms with Gasteiger partial charge in [0.15, 0.2) is 5.69 Å². The molecule has 21 heavy (non-hydrogen) atoms. The predicted octanol–water partition coefficient (Wildman–Crippen LogP) is 2.90. The van der Waals surface area contributed by atoms with E-state index in [2.05, 4.69) is 4.98 Å². The molecule has 2 atom stereocenters. The molecule has 0 N–H and O–H groups in total. The van der Waals surface area contributed by atoms with Gasteiger partial charge < -0.3 is 9.64 Å². The number of hydrogen-bond donors (Lipinski definition) is 0. The van der Waals surface area contributed by atoms with Crippen LogP contribution in [0.15, 0.2) is 5.38 Å². The van der Waals surface area contributed by atoms with Crippen LogP contribution >= 0.6 is 11.3 Å². The summed E-state index contributed by atoms with van der Waals surface area (Å²) >= 11 is 1.01. The summed E-state index contributed by atoms with van der Waals surface area (Å²) in [5, 5.41) is 1.48. The molecule has 1 aromatic heterocycles. The van der Waals surface area contributed by atoms with E-state index < -0.39 is 18.0 Å². The van der Waals surface area contributed by atoms with Crippen molar-refractivity contribution >= 4 is 17.2 Å². The Morgan fingerprint density at radius 2 is 2.29 bits per heavy atom. The van der Waals surface area contributed by atoms with Crippen LogP contribution in [0.2, 0.25) is 0 Å². The lowest BCUT2D eigenvalue weighted by atomic mass is 9.98. The summed E-state index contributed by atoms with van der Waals surface area (Å²) in [7, 11) is 1.46. The number of carbonyl (C=O) groups excluding carboxylic acids is 1. The molecule has 1 fully saturated rings. The second-order valence-electron chi connectivity index (χ2n) is 5.07. The summed E-state index contributed by atoms with van der Waals surface area (Å²) in [6.07, 6.45) is -3.45. The maximum Gasteiger partial charge on any atom is 0.434 e. The number of likely N-dealkylation sites (tertiary alicyclic amines) is 1. The quantitative estimate of drug-likeness (QED) is 0.859. The molecule has 0 saturated carbocycles. The number of thiazole rings is 1. The molecule has 4 nitrogen and oxygen atoms in total. The minimum absolute atomic E-state index is 0.130. The number of alkyl halides is 3. The highest BCUT2D eigenvalue weighted by molar-refractivity contribution is 7.09. The van der Waals surface area contributed by atoms with Crippen molar-refractivity contribution in [2.45, 2.75) is 38.0 Å². The normalized spacial score (nSPS) is 21.4. The second-order valence-corrected chi connectivity index (χ2v) is 5.96. The summed E-state index contributed by atoms with van der Waals surface area (Å²) in [5.74, 6) is -0.261. The van der Waals surface area contributed by atoms with E-state index in [-0.39, 0.29) is 11.8 Å². The molecule has 0 radical (unpaired) electrons. The van der Waals surface area contributed by atoms with Gasteiger partial charge in [-0.15, -0.1) is 11.3 Å². The maximum absolute atomic E-state index is 12.6. The highest BCUT2D eigenvalue weighted by Crippen LogP contribution is 2.35. The molecule has 8 heteroatoms. The molecule has 1 amide bonds. The van der Waals surface area contributed by atoms with Gasteiger partial charge in [0.25, 0.3) is 5.91 Å². The number of carbonyl (C=O) groups is 1. The SMILES string of the molecule is CO[C@@H](C)C(=O)N1CCCC(c2nc(C(F)(F)F)cs2)C1. The number of rotatable bonds is 3. The van der Waals surface area contributed by atoms with Crippen molar-refractivity contribution in [1.29, 1.82) is 0 Å². The Hall–Kier alpha value is -1.15. The first-order valence-electron chi connectivity index (χ1n) is 6.67. The molecule has 2 heterocycles. The third-order valence-corrected chi connectivity index (χ3v) is 4.60. The molecule has 1 aliphatic heterocycles. The molecule has 1 unspecified atom stereocenters. The van der Waals surface area contributed by atoms with Gasteiger partial charge in [-0.3, -0.25) is 4.79 Å². The van der Waals surface area contributed by atoms with Crippen LogP contribution in [0.3, 0.4) is 0 Å². The molecular formula is C13H17F3N2O2S. The Labute approximate surface area is 124 Å². The fraction of sp³-hybridized carbons (Fsp3) is 0.692. The van der Waals surface area contributed by atoms with Crippen molar-refractivity contribution in [2.75, 3.05) is 20.2 Å². The third kappa shape index (κ3) is 3.74. The summed E-state index contributed by atoms with van der Waals surface area (Å²) in [6, 6.07) is 0. The number of piperidine rings is 1. The minimum atomic E-state index is -4.41. The molecule has 0 aromatic carbocycles. The number of methoxy groups -OCH3 is 1. The summed E-state index contributed by atoms with van der Waals surface area (Å²) in [5.41, 5.74) is -0.851. The van der Waals surface area contributed by atoms with Gasteiger partial charge in [-0.05, 0) is 19.8 Å². The highest BCUT2D eigenvalue weighted by Gasteiger charge is 2.35. The van der Waals surface area contributed by atoms with Gasteiger partial charge in [0.2, 0.25) is 0 Å². The van der Waals surface area contributed by atoms with Crippen molar-refractivity contribution < 1.29 is 22.7 Å². The second kappa shape index (κ2) is 6.31. The van der Waals surface area contributed by atoms with E-state index in [9.17, 15) is 18.0 Å². The lowest BCUT2D eigenvalue weighted by molar-refractivity contribution is -0.143. The van der Waals surface area contributed by atoms with Gasteiger partial charge in [-0.2, -0.15) is 13.2 Å². The van der Waals surface area contributed by atoms with Gasteiger partial charge >= 0.3 is 6.18 Å². The summed E-state index contributed by atoms with van der Waals surface area (Å²) < 4.78 is 42.8. The first-order chi connectivity index (χ1) is 9.82. The molecule has 2 rings (SSSR count). The van der Waals surface area contributed by atoms with Crippen molar-refractivity contribution in [3.63, 3.8) is 0 Å². The Bertz CT molecular complexity index is 504. The van der Waals surface area contributed by atoms with Crippen LogP contribution in [0.5, 0.6) is 0 Å². The van der Waals surface area contributed by atoms with E-state index in [1.54, 1.807) is 11.8 Å². The van der Waals surface area contributed by atoms with Gasteiger partial charge in [0, 0.05) is 31.5 Å². The van der Waals surface area contributed by atoms with Crippen LogP contribution in [-0.2, 0) is 15.7 Å². The lowest BCUT2D eigenvalue weighted by Crippen LogP contribution is -2.44. The maximum atomic E-state index is 12.6. The van der Waals surface area contributed by atoms with E-state index in [0.717, 1.165) is 29.6 Å². The highest BCUT2D eigenvalue weighted by atomic mass is 32.1. The smallest absolute Gasteiger partial charge is 0.372 e. The standard InChI is InChI=1S/C13H17F3N2O2S/c1-8(20-2)12(19)18-5-3-4-9(6-18)11-17-10(7-21-11)13(14,15)16/h7-9H,3-6H2,1-2H3/t8-,9?/m0/s1. The van der Waals surface area contributed by atoms with Gasteiger partial charge in [0.05, 0.1) is 5.01 Å². The lowest BCUT2D eigenvalue weighted by Gasteiger charge is -2.33. The molecule has 1 aromatic rings. The largest absolute Gasteiger partial charge is 0.434 e. The van der Waals surface area contributed by atoms with Crippen LogP contribution in [-0.4, -0.2) is 42.1 Å². The Balaban J connectivity index is 2.07. The number of aromatic nitrogens is 1. The van der Waals surface area contributed by atoms with Crippen molar-refractivity contribution in [1.82, 2.24) is 9.88 Å². The van der Waals surface area contributed by atoms with E-state index in [1.807, 2.05) is 0 Å². The zero-order valence-corrected chi connectivity index (χ0v) is 12.6. The molecule has 0 bridgehead atoms. The number of halogens is 3. The van der Waals surface area contributed by atoms with E-state index in [0.29, 0.717) is 18.1 Å². The van der Waals surface area contributed by atoms with Crippen LogP contribution in [0.1, 0.15) is 36.4 Å². The Kier molecular flexibility index (Phi) is 4.88. The average Bonchev–Trinajstić information content (AvgIpc) is 2.95. The predicted molar refractivity (Wildman–Crippen MR) is 72.1 cm³/mol. The fourth-order valence-corrected chi connectivity index (χ4v) is 3.30. The van der Waals surface area contributed by atoms with Crippen molar-refractivity contribution in [2.24, 2.45) is 0 Å². The monoisotopic (exact) mass is 322 g/mol. The van der Waals surface area contributed by atoms with Crippen molar-refractivity contribution in [3.8, 4) is 0 Å². The van der Waals surface area contributed by atoms with Crippen LogP contribution in [0.4, 0.5) is 13.2 Å². The summed E-state index contributed by atoms with van der Waals surface area (Å²) in [6.45, 7) is 2.68. The van der Waals surface area contributed by atoms with Crippen molar-refractivity contribution in [3.05, 3.63) is 16.1 Å². The fourth-order valence-electron chi connectivity index (χ4n) is 2.34. The number of nitrogens with zero attached hydrogens (tertiary/aromatic N) is 2. The molecule has 1 aliphatic rings. The van der Waals surface area contributed by atoms with Gasteiger partial charge in [-0.1, -0.05) is 0 Å². The van der Waals surface area contributed by atoms with Gasteiger partial charge in [0.1, 0.15) is 6.10 Å². The number of hydrogen-bond acceptors (Lipinski definition) is 4. The zero-order chi connectivity index (χ0) is 15.6. The van der Waals surface area contributed by atoms with E-state index >= 15 is 0 Å². The first-order valence-corrected chi connectivity index (χ1v) is 7.55. The summed E-state index contributed by atoms with van der Waals surface area (Å²) in [4.78, 5) is 17.4. The van der Waals surface area contributed by atoms with Crippen LogP contribution < -0.4 is 0 Å². The van der Waals surface area contributed by atoms with Crippen LogP contribution in [0, 0.1) is 0 Å². The van der Waals surface area contributed by atoms with E-state index in [1.165, 1.54) is 7.11 Å². The van der Waals surface area contributed by atoms with Crippen LogP contribution in [0.25, 0.3) is 0 Å². The first kappa shape index (κ1) is 16.2. The third-order valence-electron chi connectivity index (χ3n) is 3.60. The molecule has 0 aliphatic carbocycles. The molecule has 118 valence electrons. The molecular weight excluding hydrogens is 305 g/mol. The molecule has 1 saturated heterocycles. The minimum Gasteiger partial charge on any atom is -0.372 e. The Morgan fingerprint density at radius 3 is 2.86 bits per heavy atom. The molecule has 0 spiro atoms. The topological polar surface area (TPSA) is 42.4 Å². The number of amides is 1. The number of ether oxygens (including phenoxy) is 1. The van der Waals surface area contributed by atoms with E-state index in [4.69, 9.17) is 4.74 Å².